The fraction of sp³-hybridized carbons (Fsp3) is 0.571. The number of pyridine rings is 1. The average molecular weight is 282 g/mol. The van der Waals surface area contributed by atoms with Crippen LogP contribution in [0.15, 0.2) is 12.1 Å². The summed E-state index contributed by atoms with van der Waals surface area (Å²) in [6.07, 6.45) is 1.04. The molecule has 0 bridgehead atoms. The van der Waals surface area contributed by atoms with Crippen molar-refractivity contribution >= 4 is 23.3 Å². The van der Waals surface area contributed by atoms with Gasteiger partial charge in [0.15, 0.2) is 0 Å². The van der Waals surface area contributed by atoms with Crippen molar-refractivity contribution in [2.75, 3.05) is 25.0 Å². The molecule has 1 saturated heterocycles. The van der Waals surface area contributed by atoms with E-state index >= 15 is 0 Å². The minimum absolute atomic E-state index is 0.0361. The molecular weight excluding hydrogens is 262 g/mol. The van der Waals surface area contributed by atoms with E-state index < -0.39 is 0 Å². The number of carbonyl (C=O) groups is 1. The van der Waals surface area contributed by atoms with Crippen molar-refractivity contribution < 1.29 is 4.79 Å². The Kier molecular flexibility index (Phi) is 3.99. The first kappa shape index (κ1) is 14.1. The van der Waals surface area contributed by atoms with Crippen LogP contribution in [0.25, 0.3) is 0 Å². The van der Waals surface area contributed by atoms with E-state index in [1.165, 1.54) is 0 Å². The van der Waals surface area contributed by atoms with E-state index in [-0.39, 0.29) is 11.3 Å². The van der Waals surface area contributed by atoms with Crippen LogP contribution in [0.4, 0.5) is 5.82 Å². The van der Waals surface area contributed by atoms with E-state index in [1.807, 2.05) is 11.8 Å². The number of rotatable bonds is 3. The second-order valence-electron chi connectivity index (χ2n) is 5.74. The van der Waals surface area contributed by atoms with Crippen LogP contribution in [0.5, 0.6) is 0 Å². The normalized spacial score (nSPS) is 17.6. The first-order valence-electron chi connectivity index (χ1n) is 6.62. The molecule has 0 spiro atoms. The Morgan fingerprint density at radius 3 is 2.84 bits per heavy atom. The van der Waals surface area contributed by atoms with E-state index in [1.54, 1.807) is 12.1 Å². The molecule has 1 aliphatic heterocycles. The van der Waals surface area contributed by atoms with Gasteiger partial charge in [-0.2, -0.15) is 0 Å². The van der Waals surface area contributed by atoms with Crippen molar-refractivity contribution in [3.05, 3.63) is 22.8 Å². The smallest absolute Gasteiger partial charge is 0.254 e. The van der Waals surface area contributed by atoms with E-state index in [9.17, 15) is 4.79 Å². The monoisotopic (exact) mass is 281 g/mol. The first-order valence-corrected chi connectivity index (χ1v) is 7.00. The minimum Gasteiger partial charge on any atom is -0.370 e. The number of halogens is 1. The third-order valence-corrected chi connectivity index (χ3v) is 3.56. The zero-order valence-electron chi connectivity index (χ0n) is 11.7. The van der Waals surface area contributed by atoms with Gasteiger partial charge in [-0.1, -0.05) is 25.4 Å². The summed E-state index contributed by atoms with van der Waals surface area (Å²) in [4.78, 5) is 18.5. The molecule has 4 nitrogen and oxygen atoms in total. The lowest BCUT2D eigenvalue weighted by Gasteiger charge is -2.20. The Hall–Kier alpha value is -1.29. The second-order valence-corrected chi connectivity index (χ2v) is 6.12. The van der Waals surface area contributed by atoms with Crippen LogP contribution in [0.1, 0.15) is 37.6 Å². The number of nitrogens with one attached hydrogen (secondary N) is 1. The highest BCUT2D eigenvalue weighted by atomic mass is 35.5. The van der Waals surface area contributed by atoms with Crippen LogP contribution in [0.2, 0.25) is 5.15 Å². The molecule has 0 radical (unpaired) electrons. The molecule has 0 aromatic carbocycles. The van der Waals surface area contributed by atoms with Crippen LogP contribution in [-0.4, -0.2) is 35.4 Å². The molecule has 0 aliphatic carbocycles. The van der Waals surface area contributed by atoms with Crippen molar-refractivity contribution in [2.24, 2.45) is 5.41 Å². The molecule has 5 heteroatoms. The Balaban J connectivity index is 2.19. The zero-order chi connectivity index (χ0) is 14.0. The van der Waals surface area contributed by atoms with Gasteiger partial charge in [-0.25, -0.2) is 4.98 Å². The maximum Gasteiger partial charge on any atom is 0.254 e. The molecule has 1 fully saturated rings. The van der Waals surface area contributed by atoms with Crippen LogP contribution in [0.3, 0.4) is 0 Å². The molecule has 1 N–H and O–H groups in total. The maximum absolute atomic E-state index is 12.5. The number of aromatic nitrogens is 1. The predicted molar refractivity (Wildman–Crippen MR) is 77.7 cm³/mol. The number of amides is 1. The summed E-state index contributed by atoms with van der Waals surface area (Å²) in [6, 6.07) is 3.40. The molecule has 19 heavy (non-hydrogen) atoms. The fourth-order valence-electron chi connectivity index (χ4n) is 2.36. The lowest BCUT2D eigenvalue weighted by Crippen LogP contribution is -2.30. The number of carbonyl (C=O) groups excluding carboxylic acids is 1. The topological polar surface area (TPSA) is 45.2 Å². The minimum atomic E-state index is 0.0361. The predicted octanol–water partition coefficient (Wildman–Crippen LogP) is 3.04. The summed E-state index contributed by atoms with van der Waals surface area (Å²) in [5, 5.41) is 3.43. The van der Waals surface area contributed by atoms with Crippen molar-refractivity contribution in [2.45, 2.75) is 27.2 Å². The van der Waals surface area contributed by atoms with E-state index in [0.29, 0.717) is 16.5 Å². The maximum atomic E-state index is 12.5. The molecule has 1 amide bonds. The van der Waals surface area contributed by atoms with Gasteiger partial charge in [-0.05, 0) is 30.9 Å². The van der Waals surface area contributed by atoms with Crippen LogP contribution >= 0.6 is 11.6 Å². The van der Waals surface area contributed by atoms with Gasteiger partial charge in [0.05, 0.1) is 0 Å². The molecule has 1 aromatic rings. The Morgan fingerprint density at radius 1 is 1.53 bits per heavy atom. The van der Waals surface area contributed by atoms with Crippen LogP contribution in [-0.2, 0) is 0 Å². The quantitative estimate of drug-likeness (QED) is 0.866. The molecule has 104 valence electrons. The van der Waals surface area contributed by atoms with Gasteiger partial charge in [0.2, 0.25) is 0 Å². The van der Waals surface area contributed by atoms with Gasteiger partial charge in [0, 0.05) is 25.2 Å². The molecule has 2 heterocycles. The van der Waals surface area contributed by atoms with Crippen molar-refractivity contribution in [3.8, 4) is 0 Å². The van der Waals surface area contributed by atoms with Gasteiger partial charge in [0.1, 0.15) is 11.0 Å². The SMILES string of the molecule is CCNc1cc(C(=O)N2CCC(C)(C)C2)cc(Cl)n1. The first-order chi connectivity index (χ1) is 8.91. The Bertz CT molecular complexity index is 488. The molecular formula is C14H20ClN3O. The van der Waals surface area contributed by atoms with Crippen LogP contribution < -0.4 is 5.32 Å². The van der Waals surface area contributed by atoms with Gasteiger partial charge in [0.25, 0.3) is 5.91 Å². The summed E-state index contributed by atoms with van der Waals surface area (Å²) < 4.78 is 0. The molecule has 0 atom stereocenters. The molecule has 0 saturated carbocycles. The van der Waals surface area contributed by atoms with E-state index in [2.05, 4.69) is 24.1 Å². The summed E-state index contributed by atoms with van der Waals surface area (Å²) in [5.74, 6) is 0.686. The van der Waals surface area contributed by atoms with Gasteiger partial charge < -0.3 is 10.2 Å². The van der Waals surface area contributed by atoms with Crippen molar-refractivity contribution in [1.82, 2.24) is 9.88 Å². The largest absolute Gasteiger partial charge is 0.370 e. The van der Waals surface area contributed by atoms with Gasteiger partial charge >= 0.3 is 0 Å². The summed E-state index contributed by atoms with van der Waals surface area (Å²) >= 11 is 5.97. The summed E-state index contributed by atoms with van der Waals surface area (Å²) in [5.41, 5.74) is 0.811. The highest BCUT2D eigenvalue weighted by Crippen LogP contribution is 2.30. The third kappa shape index (κ3) is 3.38. The Morgan fingerprint density at radius 2 is 2.26 bits per heavy atom. The summed E-state index contributed by atoms with van der Waals surface area (Å²) in [7, 11) is 0. The zero-order valence-corrected chi connectivity index (χ0v) is 12.4. The molecule has 0 unspecified atom stereocenters. The van der Waals surface area contributed by atoms with Gasteiger partial charge in [-0.15, -0.1) is 0 Å². The number of likely N-dealkylation sites (tertiary alicyclic amines) is 1. The number of nitrogens with zero attached hydrogens (tertiary/aromatic N) is 2. The second kappa shape index (κ2) is 5.37. The fourth-order valence-corrected chi connectivity index (χ4v) is 2.57. The standard InChI is InChI=1S/C14H20ClN3O/c1-4-16-12-8-10(7-11(15)17-12)13(19)18-6-5-14(2,3)9-18/h7-8H,4-6,9H2,1-3H3,(H,16,17). The number of hydrogen-bond acceptors (Lipinski definition) is 3. The number of anilines is 1. The van der Waals surface area contributed by atoms with E-state index in [0.717, 1.165) is 26.1 Å². The van der Waals surface area contributed by atoms with Crippen LogP contribution in [0, 0.1) is 5.41 Å². The summed E-state index contributed by atoms with van der Waals surface area (Å²) in [6.45, 7) is 8.70. The lowest BCUT2D eigenvalue weighted by atomic mass is 9.93. The number of hydrogen-bond donors (Lipinski definition) is 1. The highest BCUT2D eigenvalue weighted by Gasteiger charge is 2.32. The van der Waals surface area contributed by atoms with Crippen molar-refractivity contribution in [3.63, 3.8) is 0 Å². The van der Waals surface area contributed by atoms with Crippen molar-refractivity contribution in [1.29, 1.82) is 0 Å². The highest BCUT2D eigenvalue weighted by molar-refractivity contribution is 6.29. The molecule has 1 aliphatic rings. The molecule has 1 aromatic heterocycles. The molecule has 2 rings (SSSR count). The lowest BCUT2D eigenvalue weighted by molar-refractivity contribution is 0.0778. The van der Waals surface area contributed by atoms with E-state index in [4.69, 9.17) is 11.6 Å². The average Bonchev–Trinajstić information content (AvgIpc) is 2.68. The Labute approximate surface area is 119 Å². The van der Waals surface area contributed by atoms with Gasteiger partial charge in [-0.3, -0.25) is 4.79 Å². The third-order valence-electron chi connectivity index (χ3n) is 3.36.